The lowest BCUT2D eigenvalue weighted by molar-refractivity contribution is 0.101. The smallest absolute Gasteiger partial charge is 0.159 e. The molecule has 1 aliphatic carbocycles. The van der Waals surface area contributed by atoms with Crippen molar-refractivity contribution < 1.29 is 4.79 Å². The monoisotopic (exact) mass is 222 g/mol. The van der Waals surface area contributed by atoms with Crippen molar-refractivity contribution >= 4 is 17.4 Å². The molecule has 1 aliphatic rings. The molecule has 0 amide bonds. The summed E-state index contributed by atoms with van der Waals surface area (Å²) >= 11 is 6.20. The zero-order valence-electron chi connectivity index (χ0n) is 8.92. The van der Waals surface area contributed by atoms with Gasteiger partial charge in [0, 0.05) is 10.6 Å². The summed E-state index contributed by atoms with van der Waals surface area (Å²) in [7, 11) is 0. The summed E-state index contributed by atoms with van der Waals surface area (Å²) in [5, 5.41) is 0.759. The average molecular weight is 223 g/mol. The molecule has 0 spiro atoms. The van der Waals surface area contributed by atoms with Crippen LogP contribution < -0.4 is 0 Å². The van der Waals surface area contributed by atoms with Crippen LogP contribution in [0.2, 0.25) is 5.02 Å². The van der Waals surface area contributed by atoms with Crippen molar-refractivity contribution in [2.24, 2.45) is 0 Å². The Morgan fingerprint density at radius 1 is 1.33 bits per heavy atom. The molecule has 0 bridgehead atoms. The Kier molecular flexibility index (Phi) is 3.11. The first-order valence-electron chi connectivity index (χ1n) is 5.49. The Hall–Kier alpha value is -0.820. The van der Waals surface area contributed by atoms with Gasteiger partial charge in [-0.05, 0) is 37.3 Å². The first kappa shape index (κ1) is 10.7. The molecule has 80 valence electrons. The topological polar surface area (TPSA) is 17.1 Å². The standard InChI is InChI=1S/C13H15ClO/c1-9(15)11-6-7-12(13(14)8-11)10-4-2-3-5-10/h6-8,10H,2-5H2,1H3. The van der Waals surface area contributed by atoms with Gasteiger partial charge in [-0.25, -0.2) is 0 Å². The summed E-state index contributed by atoms with van der Waals surface area (Å²) in [6.07, 6.45) is 5.07. The Morgan fingerprint density at radius 3 is 2.53 bits per heavy atom. The number of carbonyl (C=O) groups excluding carboxylic acids is 1. The molecule has 0 aromatic heterocycles. The first-order valence-corrected chi connectivity index (χ1v) is 5.86. The fourth-order valence-electron chi connectivity index (χ4n) is 2.31. The van der Waals surface area contributed by atoms with Crippen molar-refractivity contribution in [3.63, 3.8) is 0 Å². The third-order valence-electron chi connectivity index (χ3n) is 3.20. The minimum absolute atomic E-state index is 0.0786. The number of Topliss-reactive ketones (excluding diaryl/α,β-unsaturated/α-hetero) is 1. The number of carbonyl (C=O) groups is 1. The second-order valence-corrected chi connectivity index (χ2v) is 4.68. The number of rotatable bonds is 2. The van der Waals surface area contributed by atoms with Crippen LogP contribution in [-0.4, -0.2) is 5.78 Å². The van der Waals surface area contributed by atoms with Crippen molar-refractivity contribution in [3.8, 4) is 0 Å². The highest BCUT2D eigenvalue weighted by molar-refractivity contribution is 6.31. The fourth-order valence-corrected chi connectivity index (χ4v) is 2.65. The second-order valence-electron chi connectivity index (χ2n) is 4.27. The van der Waals surface area contributed by atoms with Gasteiger partial charge in [-0.2, -0.15) is 0 Å². The predicted molar refractivity (Wildman–Crippen MR) is 62.7 cm³/mol. The quantitative estimate of drug-likeness (QED) is 0.686. The van der Waals surface area contributed by atoms with Crippen LogP contribution in [0.4, 0.5) is 0 Å². The van der Waals surface area contributed by atoms with E-state index in [1.165, 1.54) is 31.2 Å². The molecule has 0 aliphatic heterocycles. The molecule has 0 heterocycles. The van der Waals surface area contributed by atoms with Gasteiger partial charge in [0.1, 0.15) is 0 Å². The molecule has 2 rings (SSSR count). The molecule has 1 fully saturated rings. The molecule has 0 unspecified atom stereocenters. The summed E-state index contributed by atoms with van der Waals surface area (Å²) < 4.78 is 0. The summed E-state index contributed by atoms with van der Waals surface area (Å²) in [5.41, 5.74) is 1.93. The molecule has 0 radical (unpaired) electrons. The maximum Gasteiger partial charge on any atom is 0.159 e. The van der Waals surface area contributed by atoms with Crippen molar-refractivity contribution in [1.82, 2.24) is 0 Å². The van der Waals surface area contributed by atoms with E-state index < -0.39 is 0 Å². The lowest BCUT2D eigenvalue weighted by Gasteiger charge is -2.12. The molecule has 1 nitrogen and oxygen atoms in total. The summed E-state index contributed by atoms with van der Waals surface area (Å²) in [4.78, 5) is 11.2. The van der Waals surface area contributed by atoms with Crippen LogP contribution >= 0.6 is 11.6 Å². The van der Waals surface area contributed by atoms with Crippen molar-refractivity contribution in [2.75, 3.05) is 0 Å². The fraction of sp³-hybridized carbons (Fsp3) is 0.462. The minimum atomic E-state index is 0.0786. The van der Waals surface area contributed by atoms with Crippen LogP contribution in [0.5, 0.6) is 0 Å². The maximum absolute atomic E-state index is 11.2. The number of hydrogen-bond donors (Lipinski definition) is 0. The van der Waals surface area contributed by atoms with E-state index in [0.717, 1.165) is 5.02 Å². The van der Waals surface area contributed by atoms with E-state index in [1.807, 2.05) is 12.1 Å². The van der Waals surface area contributed by atoms with E-state index in [0.29, 0.717) is 11.5 Å². The molecule has 0 saturated heterocycles. The molecule has 1 aromatic carbocycles. The van der Waals surface area contributed by atoms with Gasteiger partial charge in [-0.15, -0.1) is 0 Å². The Labute approximate surface area is 95.4 Å². The van der Waals surface area contributed by atoms with Crippen molar-refractivity contribution in [1.29, 1.82) is 0 Å². The van der Waals surface area contributed by atoms with E-state index in [-0.39, 0.29) is 5.78 Å². The highest BCUT2D eigenvalue weighted by Crippen LogP contribution is 2.37. The van der Waals surface area contributed by atoms with E-state index in [4.69, 9.17) is 11.6 Å². The van der Waals surface area contributed by atoms with E-state index in [9.17, 15) is 4.79 Å². The average Bonchev–Trinajstić information content (AvgIpc) is 2.70. The predicted octanol–water partition coefficient (Wildman–Crippen LogP) is 4.20. The molecule has 0 atom stereocenters. The van der Waals surface area contributed by atoms with Crippen molar-refractivity contribution in [3.05, 3.63) is 34.3 Å². The summed E-state index contributed by atoms with van der Waals surface area (Å²) in [6.45, 7) is 1.57. The van der Waals surface area contributed by atoms with Crippen LogP contribution in [0.1, 0.15) is 54.4 Å². The van der Waals surface area contributed by atoms with Crippen LogP contribution in [0.25, 0.3) is 0 Å². The number of hydrogen-bond acceptors (Lipinski definition) is 1. The molecular weight excluding hydrogens is 208 g/mol. The first-order chi connectivity index (χ1) is 7.18. The molecule has 1 saturated carbocycles. The molecular formula is C13H15ClO. The Bertz CT molecular complexity index is 378. The largest absolute Gasteiger partial charge is 0.295 e. The third kappa shape index (κ3) is 2.23. The lowest BCUT2D eigenvalue weighted by Crippen LogP contribution is -1.97. The van der Waals surface area contributed by atoms with Gasteiger partial charge in [0.2, 0.25) is 0 Å². The SMILES string of the molecule is CC(=O)c1ccc(C2CCCC2)c(Cl)c1. The summed E-state index contributed by atoms with van der Waals surface area (Å²) in [5.74, 6) is 0.688. The normalized spacial score (nSPS) is 16.9. The van der Waals surface area contributed by atoms with Gasteiger partial charge in [-0.3, -0.25) is 4.79 Å². The van der Waals surface area contributed by atoms with Crippen LogP contribution in [0, 0.1) is 0 Å². The van der Waals surface area contributed by atoms with Gasteiger partial charge >= 0.3 is 0 Å². The maximum atomic E-state index is 11.2. The van der Waals surface area contributed by atoms with Gasteiger partial charge in [0.05, 0.1) is 0 Å². The zero-order valence-corrected chi connectivity index (χ0v) is 9.68. The van der Waals surface area contributed by atoms with Gasteiger partial charge < -0.3 is 0 Å². The van der Waals surface area contributed by atoms with E-state index in [2.05, 4.69) is 0 Å². The number of benzene rings is 1. The van der Waals surface area contributed by atoms with Crippen LogP contribution in [-0.2, 0) is 0 Å². The van der Waals surface area contributed by atoms with Crippen molar-refractivity contribution in [2.45, 2.75) is 38.5 Å². The number of halogens is 1. The zero-order chi connectivity index (χ0) is 10.8. The van der Waals surface area contributed by atoms with Gasteiger partial charge in [0.15, 0.2) is 5.78 Å². The highest BCUT2D eigenvalue weighted by atomic mass is 35.5. The third-order valence-corrected chi connectivity index (χ3v) is 3.53. The molecule has 2 heteroatoms. The Balaban J connectivity index is 2.29. The lowest BCUT2D eigenvalue weighted by atomic mass is 9.96. The van der Waals surface area contributed by atoms with E-state index >= 15 is 0 Å². The van der Waals surface area contributed by atoms with Gasteiger partial charge in [0.25, 0.3) is 0 Å². The minimum Gasteiger partial charge on any atom is -0.295 e. The second kappa shape index (κ2) is 4.36. The Morgan fingerprint density at radius 2 is 2.00 bits per heavy atom. The highest BCUT2D eigenvalue weighted by Gasteiger charge is 2.19. The molecule has 0 N–H and O–H groups in total. The van der Waals surface area contributed by atoms with Crippen LogP contribution in [0.3, 0.4) is 0 Å². The summed E-state index contributed by atoms with van der Waals surface area (Å²) in [6, 6.07) is 5.72. The van der Waals surface area contributed by atoms with Gasteiger partial charge in [-0.1, -0.05) is 36.6 Å². The van der Waals surface area contributed by atoms with E-state index in [1.54, 1.807) is 13.0 Å². The van der Waals surface area contributed by atoms with Crippen LogP contribution in [0.15, 0.2) is 18.2 Å². The number of ketones is 1. The molecule has 15 heavy (non-hydrogen) atoms. The molecule has 1 aromatic rings.